The summed E-state index contributed by atoms with van der Waals surface area (Å²) in [4.78, 5) is 6.02. The minimum absolute atomic E-state index is 0.104. The molecule has 2 rings (SSSR count). The number of thiophene rings is 1. The van der Waals surface area contributed by atoms with Crippen molar-refractivity contribution in [3.8, 4) is 0 Å². The van der Waals surface area contributed by atoms with Gasteiger partial charge in [-0.1, -0.05) is 25.1 Å². The summed E-state index contributed by atoms with van der Waals surface area (Å²) >= 11 is 1.77. The molecule has 1 unspecified atom stereocenters. The van der Waals surface area contributed by atoms with Crippen molar-refractivity contribution >= 4 is 27.3 Å². The normalized spacial score (nSPS) is 13.4. The van der Waals surface area contributed by atoms with Crippen molar-refractivity contribution in [2.75, 3.05) is 13.1 Å². The van der Waals surface area contributed by atoms with Crippen LogP contribution in [-0.4, -0.2) is 27.5 Å². The third-order valence-corrected chi connectivity index (χ3v) is 5.55. The summed E-state index contributed by atoms with van der Waals surface area (Å²) in [6, 6.07) is 10.8. The van der Waals surface area contributed by atoms with Crippen molar-refractivity contribution in [1.82, 2.24) is 10.6 Å². The molecular weight excluding hydrogens is 368 g/mol. The summed E-state index contributed by atoms with van der Waals surface area (Å²) in [6.45, 7) is 6.14. The molecule has 1 aromatic carbocycles. The van der Waals surface area contributed by atoms with E-state index in [1.807, 2.05) is 13.0 Å². The quantitative estimate of drug-likeness (QED) is 0.473. The van der Waals surface area contributed by atoms with Crippen molar-refractivity contribution < 1.29 is 8.42 Å². The Morgan fingerprint density at radius 2 is 2.08 bits per heavy atom. The van der Waals surface area contributed by atoms with Gasteiger partial charge in [0.05, 0.1) is 11.4 Å². The van der Waals surface area contributed by atoms with Crippen LogP contribution in [0.2, 0.25) is 0 Å². The summed E-state index contributed by atoms with van der Waals surface area (Å²) in [6.07, 6.45) is 1.03. The van der Waals surface area contributed by atoms with Crippen LogP contribution in [0.3, 0.4) is 0 Å². The number of nitrogens with one attached hydrogen (secondary N) is 2. The number of primary sulfonamides is 1. The first kappa shape index (κ1) is 20.4. The van der Waals surface area contributed by atoms with Crippen LogP contribution in [0.4, 0.5) is 0 Å². The molecule has 0 fully saturated rings. The van der Waals surface area contributed by atoms with E-state index in [1.54, 1.807) is 23.5 Å². The minimum Gasteiger partial charge on any atom is -0.357 e. The molecule has 4 N–H and O–H groups in total. The molecule has 2 aromatic rings. The van der Waals surface area contributed by atoms with Gasteiger partial charge in [0.25, 0.3) is 0 Å². The highest BCUT2D eigenvalue weighted by Gasteiger charge is 2.09. The zero-order valence-corrected chi connectivity index (χ0v) is 16.7. The summed E-state index contributed by atoms with van der Waals surface area (Å²) < 4.78 is 22.9. The summed E-state index contributed by atoms with van der Waals surface area (Å²) in [5.41, 5.74) is 0.792. The molecule has 8 heteroatoms. The zero-order chi connectivity index (χ0) is 19.0. The van der Waals surface area contributed by atoms with Gasteiger partial charge in [-0.2, -0.15) is 0 Å². The monoisotopic (exact) mass is 394 g/mol. The lowest BCUT2D eigenvalue weighted by atomic mass is 10.1. The minimum atomic E-state index is -3.70. The van der Waals surface area contributed by atoms with Crippen LogP contribution in [0, 0.1) is 5.92 Å². The Balaban J connectivity index is 1.95. The molecule has 0 saturated carbocycles. The lowest BCUT2D eigenvalue weighted by Crippen LogP contribution is -2.39. The lowest BCUT2D eigenvalue weighted by molar-refractivity contribution is 0.562. The Hall–Kier alpha value is -1.90. The van der Waals surface area contributed by atoms with E-state index in [1.165, 1.54) is 10.9 Å². The number of hydrogen-bond donors (Lipinski definition) is 3. The largest absolute Gasteiger partial charge is 0.357 e. The van der Waals surface area contributed by atoms with Gasteiger partial charge < -0.3 is 10.6 Å². The Bertz CT molecular complexity index is 817. The number of sulfonamides is 1. The van der Waals surface area contributed by atoms with E-state index >= 15 is 0 Å². The molecule has 1 atom stereocenters. The Morgan fingerprint density at radius 3 is 2.73 bits per heavy atom. The second-order valence-corrected chi connectivity index (χ2v) is 8.75. The van der Waals surface area contributed by atoms with Gasteiger partial charge in [0.15, 0.2) is 5.96 Å². The van der Waals surface area contributed by atoms with E-state index < -0.39 is 10.0 Å². The number of rotatable bonds is 8. The second kappa shape index (κ2) is 9.70. The average molecular weight is 395 g/mol. The van der Waals surface area contributed by atoms with Gasteiger partial charge in [-0.15, -0.1) is 11.3 Å². The van der Waals surface area contributed by atoms with E-state index in [2.05, 4.69) is 40.1 Å². The van der Waals surface area contributed by atoms with Crippen molar-refractivity contribution in [3.05, 3.63) is 52.2 Å². The third-order valence-electron chi connectivity index (χ3n) is 3.74. The van der Waals surface area contributed by atoms with E-state index in [-0.39, 0.29) is 4.90 Å². The number of benzene rings is 1. The topological polar surface area (TPSA) is 96.6 Å². The Kier molecular flexibility index (Phi) is 7.62. The van der Waals surface area contributed by atoms with Crippen LogP contribution in [0.1, 0.15) is 24.3 Å². The SMILES string of the molecule is CCNC(=NCc1cccc(S(N)(=O)=O)c1)NCC(C)Cc1cccs1. The van der Waals surface area contributed by atoms with Crippen LogP contribution in [-0.2, 0) is 23.0 Å². The molecule has 1 aromatic heterocycles. The zero-order valence-electron chi connectivity index (χ0n) is 15.1. The first-order valence-corrected chi connectivity index (χ1v) is 11.0. The van der Waals surface area contributed by atoms with Crippen LogP contribution in [0.5, 0.6) is 0 Å². The van der Waals surface area contributed by atoms with Gasteiger partial charge >= 0.3 is 0 Å². The lowest BCUT2D eigenvalue weighted by Gasteiger charge is -2.15. The third kappa shape index (κ3) is 6.78. The van der Waals surface area contributed by atoms with Crippen molar-refractivity contribution in [2.24, 2.45) is 16.0 Å². The highest BCUT2D eigenvalue weighted by molar-refractivity contribution is 7.89. The highest BCUT2D eigenvalue weighted by Crippen LogP contribution is 2.14. The molecule has 0 bridgehead atoms. The van der Waals surface area contributed by atoms with E-state index in [0.717, 1.165) is 25.1 Å². The van der Waals surface area contributed by atoms with E-state index in [4.69, 9.17) is 5.14 Å². The summed E-state index contributed by atoms with van der Waals surface area (Å²) in [7, 11) is -3.70. The maximum absolute atomic E-state index is 11.5. The van der Waals surface area contributed by atoms with Crippen molar-refractivity contribution in [1.29, 1.82) is 0 Å². The predicted octanol–water partition coefficient (Wildman–Crippen LogP) is 2.33. The molecule has 142 valence electrons. The maximum Gasteiger partial charge on any atom is 0.238 e. The average Bonchev–Trinajstić information content (AvgIpc) is 3.10. The van der Waals surface area contributed by atoms with Crippen LogP contribution < -0.4 is 15.8 Å². The molecule has 0 aliphatic rings. The molecule has 1 heterocycles. The summed E-state index contributed by atoms with van der Waals surface area (Å²) in [5, 5.41) is 13.8. The van der Waals surface area contributed by atoms with Gasteiger partial charge in [-0.05, 0) is 48.4 Å². The van der Waals surface area contributed by atoms with Gasteiger partial charge in [0.2, 0.25) is 10.0 Å². The number of hydrogen-bond acceptors (Lipinski definition) is 4. The Morgan fingerprint density at radius 1 is 1.27 bits per heavy atom. The van der Waals surface area contributed by atoms with Gasteiger partial charge in [0.1, 0.15) is 0 Å². The summed E-state index contributed by atoms with van der Waals surface area (Å²) in [5.74, 6) is 1.19. The van der Waals surface area contributed by atoms with E-state index in [9.17, 15) is 8.42 Å². The molecule has 6 nitrogen and oxygen atoms in total. The smallest absolute Gasteiger partial charge is 0.238 e. The molecule has 0 aliphatic heterocycles. The number of nitrogens with zero attached hydrogens (tertiary/aromatic N) is 1. The van der Waals surface area contributed by atoms with Crippen LogP contribution >= 0.6 is 11.3 Å². The molecule has 0 spiro atoms. The number of nitrogens with two attached hydrogens (primary N) is 1. The van der Waals surface area contributed by atoms with Crippen LogP contribution in [0.15, 0.2) is 51.7 Å². The molecular formula is C18H26N4O2S2. The number of aliphatic imine (C=N–C) groups is 1. The first-order valence-electron chi connectivity index (χ1n) is 8.54. The standard InChI is InChI=1S/C18H26N4O2S2/c1-3-20-18(21-12-14(2)10-16-7-5-9-25-16)22-13-15-6-4-8-17(11-15)26(19,23)24/h4-9,11,14H,3,10,12-13H2,1-2H3,(H2,19,23,24)(H2,20,21,22). The molecule has 0 saturated heterocycles. The fraction of sp³-hybridized carbons (Fsp3) is 0.389. The molecule has 0 radical (unpaired) electrons. The molecule has 0 amide bonds. The van der Waals surface area contributed by atoms with Crippen LogP contribution in [0.25, 0.3) is 0 Å². The maximum atomic E-state index is 11.5. The van der Waals surface area contributed by atoms with Gasteiger partial charge in [0, 0.05) is 18.0 Å². The number of guanidine groups is 1. The molecule has 0 aliphatic carbocycles. The predicted molar refractivity (Wildman–Crippen MR) is 108 cm³/mol. The fourth-order valence-corrected chi connectivity index (χ4v) is 3.90. The first-order chi connectivity index (χ1) is 12.4. The van der Waals surface area contributed by atoms with Crippen molar-refractivity contribution in [2.45, 2.75) is 31.7 Å². The highest BCUT2D eigenvalue weighted by atomic mass is 32.2. The second-order valence-electron chi connectivity index (χ2n) is 6.16. The molecule has 26 heavy (non-hydrogen) atoms. The van der Waals surface area contributed by atoms with Crippen molar-refractivity contribution in [3.63, 3.8) is 0 Å². The van der Waals surface area contributed by atoms with E-state index in [0.29, 0.717) is 18.4 Å². The van der Waals surface area contributed by atoms with Gasteiger partial charge in [-0.25, -0.2) is 18.5 Å². The fourth-order valence-electron chi connectivity index (χ4n) is 2.45. The van der Waals surface area contributed by atoms with Gasteiger partial charge in [-0.3, -0.25) is 0 Å². The Labute approximate surface area is 159 Å².